The second-order valence-electron chi connectivity index (χ2n) is 11.6. The van der Waals surface area contributed by atoms with Gasteiger partial charge in [-0.1, -0.05) is 72.6 Å². The highest BCUT2D eigenvalue weighted by molar-refractivity contribution is 6.03. The number of ketones is 1. The summed E-state index contributed by atoms with van der Waals surface area (Å²) in [6.07, 6.45) is 11.8. The molecule has 0 fully saturated rings. The van der Waals surface area contributed by atoms with Crippen molar-refractivity contribution in [3.8, 4) is 11.5 Å². The van der Waals surface area contributed by atoms with Crippen LogP contribution in [-0.4, -0.2) is 18.5 Å². The van der Waals surface area contributed by atoms with Crippen LogP contribution in [0.15, 0.2) is 0 Å². The van der Waals surface area contributed by atoms with Crippen molar-refractivity contribution in [3.63, 3.8) is 0 Å². The lowest BCUT2D eigenvalue weighted by atomic mass is 9.83. The highest BCUT2D eigenvalue weighted by Gasteiger charge is 2.39. The van der Waals surface area contributed by atoms with Gasteiger partial charge in [-0.3, -0.25) is 4.79 Å². The highest BCUT2D eigenvalue weighted by Crippen LogP contribution is 2.44. The van der Waals surface area contributed by atoms with Gasteiger partial charge in [0.05, 0.1) is 19.1 Å². The Morgan fingerprint density at radius 2 is 1.39 bits per heavy atom. The maximum Gasteiger partial charge on any atom is 0.170 e. The summed E-state index contributed by atoms with van der Waals surface area (Å²) >= 11 is 0. The fraction of sp³-hybridized carbons (Fsp3) is 0.767. The van der Waals surface area contributed by atoms with Crippen molar-refractivity contribution in [2.75, 3.05) is 7.11 Å². The molecule has 0 saturated carbocycles. The molecule has 1 aliphatic rings. The van der Waals surface area contributed by atoms with E-state index >= 15 is 0 Å². The van der Waals surface area contributed by atoms with Gasteiger partial charge in [-0.05, 0) is 69.4 Å². The molecule has 1 aromatic carbocycles. The number of hydrogen-bond donors (Lipinski definition) is 0. The van der Waals surface area contributed by atoms with Gasteiger partial charge in [0.15, 0.2) is 5.78 Å². The summed E-state index contributed by atoms with van der Waals surface area (Å²) in [5.74, 6) is 4.20. The molecule has 2 rings (SSSR count). The molecule has 0 radical (unpaired) electrons. The Morgan fingerprint density at radius 1 is 0.848 bits per heavy atom. The van der Waals surface area contributed by atoms with Crippen molar-refractivity contribution in [2.45, 2.75) is 125 Å². The molecule has 0 N–H and O–H groups in total. The zero-order valence-corrected chi connectivity index (χ0v) is 23.0. The third-order valence-electron chi connectivity index (χ3n) is 7.83. The number of carbonyl (C=O) groups excluding carboxylic acids is 1. The van der Waals surface area contributed by atoms with Gasteiger partial charge >= 0.3 is 0 Å². The molecule has 3 heteroatoms. The van der Waals surface area contributed by atoms with Crippen LogP contribution < -0.4 is 9.47 Å². The van der Waals surface area contributed by atoms with E-state index in [4.69, 9.17) is 9.47 Å². The highest BCUT2D eigenvalue weighted by atomic mass is 16.5. The van der Waals surface area contributed by atoms with Gasteiger partial charge in [-0.25, -0.2) is 0 Å². The van der Waals surface area contributed by atoms with E-state index < -0.39 is 5.60 Å². The van der Waals surface area contributed by atoms with Crippen molar-refractivity contribution in [1.29, 1.82) is 0 Å². The van der Waals surface area contributed by atoms with Crippen molar-refractivity contribution in [3.05, 3.63) is 22.3 Å². The summed E-state index contributed by atoms with van der Waals surface area (Å²) in [5, 5.41) is 0. The monoisotopic (exact) mass is 458 g/mol. The first-order valence-electron chi connectivity index (χ1n) is 13.4. The molecule has 188 valence electrons. The predicted octanol–water partition coefficient (Wildman–Crippen LogP) is 8.78. The Bertz CT molecular complexity index is 794. The minimum Gasteiger partial charge on any atom is -0.496 e. The van der Waals surface area contributed by atoms with Crippen LogP contribution in [0.1, 0.15) is 126 Å². The molecule has 0 amide bonds. The Balaban J connectivity index is 1.84. The average molecular weight is 459 g/mol. The van der Waals surface area contributed by atoms with E-state index in [0.29, 0.717) is 6.42 Å². The lowest BCUT2D eigenvalue weighted by Gasteiger charge is -2.37. The molecule has 1 aliphatic heterocycles. The first-order chi connectivity index (χ1) is 15.5. The third-order valence-corrected chi connectivity index (χ3v) is 7.83. The lowest BCUT2D eigenvalue weighted by molar-refractivity contribution is 0.0438. The molecule has 0 spiro atoms. The smallest absolute Gasteiger partial charge is 0.170 e. The van der Waals surface area contributed by atoms with Crippen LogP contribution in [0.2, 0.25) is 0 Å². The van der Waals surface area contributed by atoms with E-state index in [9.17, 15) is 4.79 Å². The zero-order valence-electron chi connectivity index (χ0n) is 23.0. The van der Waals surface area contributed by atoms with Gasteiger partial charge in [-0.15, -0.1) is 0 Å². The van der Waals surface area contributed by atoms with Crippen LogP contribution in [0.25, 0.3) is 0 Å². The number of rotatable bonds is 13. The molecule has 0 unspecified atom stereocenters. The molecular weight excluding hydrogens is 408 g/mol. The Kier molecular flexibility index (Phi) is 10.3. The van der Waals surface area contributed by atoms with Crippen molar-refractivity contribution in [2.24, 2.45) is 17.8 Å². The summed E-state index contributed by atoms with van der Waals surface area (Å²) in [6, 6.07) is 0. The molecule has 3 nitrogen and oxygen atoms in total. The number of hydrogen-bond acceptors (Lipinski definition) is 3. The summed E-state index contributed by atoms with van der Waals surface area (Å²) in [6.45, 7) is 17.6. The molecule has 0 bridgehead atoms. The Labute approximate surface area is 204 Å². The average Bonchev–Trinajstić information content (AvgIpc) is 2.71. The topological polar surface area (TPSA) is 35.5 Å². The third kappa shape index (κ3) is 7.49. The summed E-state index contributed by atoms with van der Waals surface area (Å²) in [5.41, 5.74) is 3.32. The molecule has 0 aromatic heterocycles. The number of benzene rings is 1. The second kappa shape index (κ2) is 12.3. The summed E-state index contributed by atoms with van der Waals surface area (Å²) in [4.78, 5) is 13.1. The normalized spacial score (nSPS) is 19.9. The fourth-order valence-electron chi connectivity index (χ4n) is 5.52. The molecular formula is C30H50O3. The van der Waals surface area contributed by atoms with E-state index in [-0.39, 0.29) is 5.78 Å². The van der Waals surface area contributed by atoms with Crippen molar-refractivity contribution < 1.29 is 14.3 Å². The predicted molar refractivity (Wildman–Crippen MR) is 140 cm³/mol. The van der Waals surface area contributed by atoms with Crippen molar-refractivity contribution in [1.82, 2.24) is 0 Å². The largest absolute Gasteiger partial charge is 0.496 e. The second-order valence-corrected chi connectivity index (χ2v) is 11.6. The SMILES string of the molecule is COc1c(C)c(C)c2c(c1C)C(=O)C[C@](C)(CCC[C@H](C)CCC[C@H](C)CCCC(C)C)O2. The first kappa shape index (κ1) is 27.7. The van der Waals surface area contributed by atoms with Crippen LogP contribution in [0.5, 0.6) is 11.5 Å². The molecule has 1 heterocycles. The molecule has 3 atom stereocenters. The quantitative estimate of drug-likeness (QED) is 0.296. The van der Waals surface area contributed by atoms with E-state index in [1.54, 1.807) is 7.11 Å². The van der Waals surface area contributed by atoms with Gasteiger partial charge in [0.25, 0.3) is 0 Å². The first-order valence-corrected chi connectivity index (χ1v) is 13.4. The Morgan fingerprint density at radius 3 is 1.94 bits per heavy atom. The minimum absolute atomic E-state index is 0.192. The summed E-state index contributed by atoms with van der Waals surface area (Å²) in [7, 11) is 1.67. The maximum absolute atomic E-state index is 13.1. The van der Waals surface area contributed by atoms with Gasteiger partial charge in [0.1, 0.15) is 17.1 Å². The Hall–Kier alpha value is -1.51. The standard InChI is InChI=1S/C30H50O3/c1-20(2)13-10-14-21(3)15-11-16-22(4)17-12-18-30(8)19-26(31)27-25(7)28(32-9)23(5)24(6)29(27)33-30/h20-22H,10-19H2,1-9H3/t21-,22-,30+/m1/s1. The van der Waals surface area contributed by atoms with Crippen LogP contribution in [0.4, 0.5) is 0 Å². The van der Waals surface area contributed by atoms with Crippen LogP contribution in [0, 0.1) is 38.5 Å². The number of Topliss-reactive ketones (excluding diaryl/α,β-unsaturated/α-hetero) is 1. The number of ether oxygens (including phenoxy) is 2. The van der Waals surface area contributed by atoms with E-state index in [1.165, 1.54) is 44.9 Å². The van der Waals surface area contributed by atoms with E-state index in [2.05, 4.69) is 34.6 Å². The van der Waals surface area contributed by atoms with Crippen LogP contribution >= 0.6 is 0 Å². The van der Waals surface area contributed by atoms with Crippen LogP contribution in [0.3, 0.4) is 0 Å². The summed E-state index contributed by atoms with van der Waals surface area (Å²) < 4.78 is 12.1. The van der Waals surface area contributed by atoms with Crippen LogP contribution in [-0.2, 0) is 0 Å². The minimum atomic E-state index is -0.410. The zero-order chi connectivity index (χ0) is 24.8. The van der Waals surface area contributed by atoms with Gasteiger partial charge in [0.2, 0.25) is 0 Å². The van der Waals surface area contributed by atoms with Gasteiger partial charge in [-0.2, -0.15) is 0 Å². The van der Waals surface area contributed by atoms with Gasteiger partial charge in [0, 0.05) is 5.56 Å². The molecule has 0 aliphatic carbocycles. The maximum atomic E-state index is 13.1. The van der Waals surface area contributed by atoms with Gasteiger partial charge < -0.3 is 9.47 Å². The van der Waals surface area contributed by atoms with Crippen molar-refractivity contribution >= 4 is 5.78 Å². The molecule has 1 aromatic rings. The van der Waals surface area contributed by atoms with E-state index in [1.807, 2.05) is 20.8 Å². The number of methoxy groups -OCH3 is 1. The number of fused-ring (bicyclic) bond motifs is 1. The fourth-order valence-corrected chi connectivity index (χ4v) is 5.52. The van der Waals surface area contributed by atoms with E-state index in [0.717, 1.165) is 64.3 Å². The molecule has 33 heavy (non-hydrogen) atoms. The lowest BCUT2D eigenvalue weighted by Crippen LogP contribution is -2.40. The molecule has 0 saturated heterocycles. The number of carbonyl (C=O) groups is 1.